The van der Waals surface area contributed by atoms with Crippen molar-refractivity contribution in [1.82, 2.24) is 4.98 Å². The van der Waals surface area contributed by atoms with Crippen LogP contribution < -0.4 is 4.74 Å². The van der Waals surface area contributed by atoms with Gasteiger partial charge in [-0.1, -0.05) is 48.5 Å². The molecule has 4 nitrogen and oxygen atoms in total. The zero-order valence-electron chi connectivity index (χ0n) is 13.7. The van der Waals surface area contributed by atoms with E-state index in [1.54, 1.807) is 5.38 Å². The average molecular weight is 352 g/mol. The molecule has 0 fully saturated rings. The summed E-state index contributed by atoms with van der Waals surface area (Å²) in [5.41, 5.74) is 2.24. The highest BCUT2D eigenvalue weighted by Gasteiger charge is 2.10. The molecule has 0 aliphatic rings. The van der Waals surface area contributed by atoms with Gasteiger partial charge in [0.05, 0.1) is 6.61 Å². The van der Waals surface area contributed by atoms with E-state index in [9.17, 15) is 4.79 Å². The summed E-state index contributed by atoms with van der Waals surface area (Å²) in [4.78, 5) is 15.5. The molecule has 0 amide bonds. The fraction of sp³-hybridized carbons (Fsp3) is 0.200. The van der Waals surface area contributed by atoms with Crippen molar-refractivity contribution in [2.24, 2.45) is 0 Å². The number of ether oxygens (including phenoxy) is 2. The van der Waals surface area contributed by atoms with Gasteiger partial charge in [0, 0.05) is 5.38 Å². The van der Waals surface area contributed by atoms with Gasteiger partial charge >= 0.3 is 5.97 Å². The molecule has 3 rings (SSSR count). The monoisotopic (exact) mass is 352 g/mol. The number of hydrogen-bond donors (Lipinski definition) is 0. The fourth-order valence-electron chi connectivity index (χ4n) is 2.36. The van der Waals surface area contributed by atoms with Crippen LogP contribution in [0.2, 0.25) is 0 Å². The number of hydrogen-bond acceptors (Lipinski definition) is 5. The Kier molecular flexibility index (Phi) is 6.17. The van der Waals surface area contributed by atoms with Gasteiger partial charge in [0.25, 0.3) is 0 Å². The summed E-state index contributed by atoms with van der Waals surface area (Å²) in [6.45, 7) is 0.888. The molecule has 0 aliphatic carbocycles. The minimum absolute atomic E-state index is 0.339. The van der Waals surface area contributed by atoms with Crippen LogP contribution in [0.25, 0.3) is 0 Å². The molecule has 1 radical (unpaired) electrons. The van der Waals surface area contributed by atoms with Crippen LogP contribution in [0.5, 0.6) is 5.75 Å². The van der Waals surface area contributed by atoms with Gasteiger partial charge in [0.1, 0.15) is 18.6 Å². The van der Waals surface area contributed by atoms with E-state index >= 15 is 0 Å². The van der Waals surface area contributed by atoms with Crippen molar-refractivity contribution in [2.45, 2.75) is 19.4 Å². The van der Waals surface area contributed by atoms with Gasteiger partial charge in [0.2, 0.25) is 5.01 Å². The second-order valence-electron chi connectivity index (χ2n) is 5.40. The summed E-state index contributed by atoms with van der Waals surface area (Å²) in [7, 11) is 0. The van der Waals surface area contributed by atoms with Crippen LogP contribution in [0.1, 0.15) is 27.3 Å². The van der Waals surface area contributed by atoms with Crippen LogP contribution in [0.15, 0.2) is 60.0 Å². The Bertz CT molecular complexity index is 788. The van der Waals surface area contributed by atoms with Crippen LogP contribution in [0, 0.1) is 6.20 Å². The Labute approximate surface area is 151 Å². The zero-order valence-corrected chi connectivity index (χ0v) is 14.5. The van der Waals surface area contributed by atoms with E-state index in [4.69, 9.17) is 9.47 Å². The average Bonchev–Trinajstić information content (AvgIpc) is 3.20. The summed E-state index contributed by atoms with van der Waals surface area (Å²) in [6.07, 6.45) is 4.12. The highest BCUT2D eigenvalue weighted by atomic mass is 32.1. The van der Waals surface area contributed by atoms with Crippen LogP contribution >= 0.6 is 11.3 Å². The number of carbonyl (C=O) groups excluding carboxylic acids is 1. The quantitative estimate of drug-likeness (QED) is 0.448. The SMILES string of the molecule is O=C(OCCCc1ccccc1OCc1ccccc1)c1n[c]cs1. The van der Waals surface area contributed by atoms with Crippen molar-refractivity contribution in [2.75, 3.05) is 6.61 Å². The maximum atomic E-state index is 11.7. The molecule has 1 heterocycles. The molecule has 127 valence electrons. The summed E-state index contributed by atoms with van der Waals surface area (Å²) in [6, 6.07) is 18.0. The lowest BCUT2D eigenvalue weighted by molar-refractivity contribution is 0.0500. The number of para-hydroxylation sites is 1. The molecule has 0 saturated heterocycles. The first-order valence-electron chi connectivity index (χ1n) is 8.06. The molecular weight excluding hydrogens is 334 g/mol. The minimum atomic E-state index is -0.389. The maximum absolute atomic E-state index is 11.7. The van der Waals surface area contributed by atoms with Gasteiger partial charge in [0.15, 0.2) is 0 Å². The van der Waals surface area contributed by atoms with E-state index in [1.807, 2.05) is 54.6 Å². The highest BCUT2D eigenvalue weighted by molar-refractivity contribution is 7.11. The Hall–Kier alpha value is -2.66. The van der Waals surface area contributed by atoms with E-state index in [-0.39, 0.29) is 5.97 Å². The second-order valence-corrected chi connectivity index (χ2v) is 6.26. The number of esters is 1. The molecule has 0 N–H and O–H groups in total. The lowest BCUT2D eigenvalue weighted by Gasteiger charge is -2.11. The standard InChI is InChI=1S/C20H18NO3S/c22-20(19-21-12-14-25-19)23-13-6-10-17-9-4-5-11-18(17)24-15-16-7-2-1-3-8-16/h1-5,7-9,11,14H,6,10,13,15H2. The molecule has 0 bridgehead atoms. The number of aromatic nitrogens is 1. The third-order valence-electron chi connectivity index (χ3n) is 3.60. The van der Waals surface area contributed by atoms with Gasteiger partial charge in [-0.15, -0.1) is 11.3 Å². The summed E-state index contributed by atoms with van der Waals surface area (Å²) >= 11 is 1.23. The maximum Gasteiger partial charge on any atom is 0.367 e. The largest absolute Gasteiger partial charge is 0.489 e. The van der Waals surface area contributed by atoms with Crippen molar-refractivity contribution < 1.29 is 14.3 Å². The molecule has 3 aromatic rings. The number of thiazole rings is 1. The van der Waals surface area contributed by atoms with Crippen LogP contribution in [-0.4, -0.2) is 17.6 Å². The molecule has 5 heteroatoms. The molecule has 1 aromatic heterocycles. The smallest absolute Gasteiger partial charge is 0.367 e. The summed E-state index contributed by atoms with van der Waals surface area (Å²) in [5, 5.41) is 1.98. The molecule has 0 atom stereocenters. The van der Waals surface area contributed by atoms with E-state index in [2.05, 4.69) is 11.2 Å². The molecule has 25 heavy (non-hydrogen) atoms. The molecule has 0 spiro atoms. The first kappa shape index (κ1) is 17.2. The predicted molar refractivity (Wildman–Crippen MR) is 96.8 cm³/mol. The van der Waals surface area contributed by atoms with E-state index in [0.29, 0.717) is 18.2 Å². The zero-order chi connectivity index (χ0) is 17.3. The van der Waals surface area contributed by atoms with Crippen molar-refractivity contribution in [3.8, 4) is 5.75 Å². The van der Waals surface area contributed by atoms with Gasteiger partial charge in [-0.25, -0.2) is 9.78 Å². The fourth-order valence-corrected chi connectivity index (χ4v) is 2.84. The van der Waals surface area contributed by atoms with E-state index in [1.165, 1.54) is 11.3 Å². The Morgan fingerprint density at radius 1 is 1.08 bits per heavy atom. The minimum Gasteiger partial charge on any atom is -0.489 e. The van der Waals surface area contributed by atoms with Gasteiger partial charge < -0.3 is 9.47 Å². The van der Waals surface area contributed by atoms with Crippen LogP contribution in [-0.2, 0) is 17.8 Å². The van der Waals surface area contributed by atoms with Gasteiger partial charge in [-0.3, -0.25) is 0 Å². The van der Waals surface area contributed by atoms with Crippen molar-refractivity contribution in [1.29, 1.82) is 0 Å². The van der Waals surface area contributed by atoms with Crippen LogP contribution in [0.4, 0.5) is 0 Å². The lowest BCUT2D eigenvalue weighted by atomic mass is 10.1. The van der Waals surface area contributed by atoms with Gasteiger partial charge in [-0.05, 0) is 30.0 Å². The topological polar surface area (TPSA) is 48.4 Å². The predicted octanol–water partition coefficient (Wildman–Crippen LogP) is 4.31. The number of benzene rings is 2. The van der Waals surface area contributed by atoms with Crippen LogP contribution in [0.3, 0.4) is 0 Å². The summed E-state index contributed by atoms with van der Waals surface area (Å²) in [5.74, 6) is 0.479. The van der Waals surface area contributed by atoms with Crippen molar-refractivity contribution in [3.05, 3.63) is 82.3 Å². The Balaban J connectivity index is 1.48. The summed E-state index contributed by atoms with van der Waals surface area (Å²) < 4.78 is 11.2. The number of carbonyl (C=O) groups is 1. The van der Waals surface area contributed by atoms with Crippen molar-refractivity contribution >= 4 is 17.3 Å². The van der Waals surface area contributed by atoms with Crippen molar-refractivity contribution in [3.63, 3.8) is 0 Å². The molecule has 0 aliphatic heterocycles. The Morgan fingerprint density at radius 2 is 1.88 bits per heavy atom. The first-order valence-corrected chi connectivity index (χ1v) is 8.94. The molecule has 2 aromatic carbocycles. The first-order chi connectivity index (χ1) is 12.3. The molecular formula is C20H18NO3S. The third kappa shape index (κ3) is 5.16. The third-order valence-corrected chi connectivity index (χ3v) is 4.30. The Morgan fingerprint density at radius 3 is 2.68 bits per heavy atom. The van der Waals surface area contributed by atoms with E-state index < -0.39 is 0 Å². The van der Waals surface area contributed by atoms with Gasteiger partial charge in [-0.2, -0.15) is 0 Å². The normalized spacial score (nSPS) is 10.4. The second kappa shape index (κ2) is 8.99. The van der Waals surface area contributed by atoms with E-state index in [0.717, 1.165) is 29.7 Å². The molecule has 0 saturated carbocycles. The molecule has 0 unspecified atom stereocenters. The number of rotatable bonds is 8. The lowest BCUT2D eigenvalue weighted by Crippen LogP contribution is -2.07. The highest BCUT2D eigenvalue weighted by Crippen LogP contribution is 2.21. The number of aryl methyl sites for hydroxylation is 1. The number of nitrogens with zero attached hydrogens (tertiary/aromatic N) is 1.